The summed E-state index contributed by atoms with van der Waals surface area (Å²) in [5.41, 5.74) is 0. The number of nitrogens with zero attached hydrogens (tertiary/aromatic N) is 2. The molecule has 0 saturated carbocycles. The number of carbonyl (C=O) groups is 1. The largest absolute Gasteiger partial charge is 0.490 e. The number of carbonyl (C=O) groups excluding carboxylic acids is 1. The van der Waals surface area contributed by atoms with Crippen LogP contribution in [0.3, 0.4) is 0 Å². The molecule has 5 nitrogen and oxygen atoms in total. The molecule has 1 amide bonds. The molecule has 1 aromatic heterocycles. The van der Waals surface area contributed by atoms with Gasteiger partial charge in [0.2, 0.25) is 5.91 Å². The second-order valence-corrected chi connectivity index (χ2v) is 4.00. The van der Waals surface area contributed by atoms with Crippen molar-refractivity contribution in [2.75, 3.05) is 25.5 Å². The van der Waals surface area contributed by atoms with Crippen molar-refractivity contribution in [3.05, 3.63) is 18.3 Å². The molecule has 18 heavy (non-hydrogen) atoms. The Morgan fingerprint density at radius 2 is 2.28 bits per heavy atom. The highest BCUT2D eigenvalue weighted by molar-refractivity contribution is 5.84. The fourth-order valence-corrected chi connectivity index (χ4v) is 1.52. The van der Waals surface area contributed by atoms with Gasteiger partial charge in [0.25, 0.3) is 0 Å². The van der Waals surface area contributed by atoms with E-state index in [4.69, 9.17) is 4.74 Å². The summed E-state index contributed by atoms with van der Waals surface area (Å²) in [6.45, 7) is 6.93. The summed E-state index contributed by atoms with van der Waals surface area (Å²) in [7, 11) is 1.78. The Morgan fingerprint density at radius 1 is 1.56 bits per heavy atom. The average molecular weight is 251 g/mol. The number of nitrogens with one attached hydrogen (secondary N) is 1. The molecular formula is C13H21N3O2. The van der Waals surface area contributed by atoms with Gasteiger partial charge in [0.05, 0.1) is 6.61 Å². The molecule has 5 heteroatoms. The van der Waals surface area contributed by atoms with Gasteiger partial charge in [-0.05, 0) is 32.9 Å². The zero-order valence-electron chi connectivity index (χ0n) is 11.4. The van der Waals surface area contributed by atoms with Crippen molar-refractivity contribution in [3.63, 3.8) is 0 Å². The van der Waals surface area contributed by atoms with Crippen molar-refractivity contribution in [3.8, 4) is 5.75 Å². The predicted octanol–water partition coefficient (Wildman–Crippen LogP) is 1.76. The summed E-state index contributed by atoms with van der Waals surface area (Å²) < 4.78 is 5.45. The van der Waals surface area contributed by atoms with Gasteiger partial charge in [0, 0.05) is 19.8 Å². The van der Waals surface area contributed by atoms with E-state index in [-0.39, 0.29) is 11.9 Å². The molecule has 1 atom stereocenters. The smallest absolute Gasteiger partial charge is 0.244 e. The Bertz CT molecular complexity index is 396. The number of likely N-dealkylation sites (N-methyl/N-ethyl adjacent to an activating group) is 1. The van der Waals surface area contributed by atoms with Gasteiger partial charge in [-0.2, -0.15) is 0 Å². The Kier molecular flexibility index (Phi) is 5.42. The lowest BCUT2D eigenvalue weighted by atomic mass is 10.3. The van der Waals surface area contributed by atoms with Crippen LogP contribution in [0.15, 0.2) is 18.3 Å². The van der Waals surface area contributed by atoms with Crippen molar-refractivity contribution in [2.45, 2.75) is 26.8 Å². The van der Waals surface area contributed by atoms with E-state index < -0.39 is 0 Å². The second kappa shape index (κ2) is 6.83. The van der Waals surface area contributed by atoms with E-state index in [2.05, 4.69) is 10.3 Å². The van der Waals surface area contributed by atoms with Crippen molar-refractivity contribution >= 4 is 11.7 Å². The van der Waals surface area contributed by atoms with Crippen molar-refractivity contribution in [1.82, 2.24) is 9.88 Å². The molecule has 0 spiro atoms. The number of anilines is 1. The molecule has 0 aliphatic heterocycles. The summed E-state index contributed by atoms with van der Waals surface area (Å²) in [6.07, 6.45) is 1.67. The third-order valence-electron chi connectivity index (χ3n) is 2.64. The molecule has 0 bridgehead atoms. The van der Waals surface area contributed by atoms with Crippen LogP contribution < -0.4 is 10.1 Å². The minimum Gasteiger partial charge on any atom is -0.490 e. The molecule has 1 rings (SSSR count). The molecule has 1 N–H and O–H groups in total. The van der Waals surface area contributed by atoms with Crippen molar-refractivity contribution in [2.24, 2.45) is 0 Å². The molecule has 0 aromatic carbocycles. The number of aromatic nitrogens is 1. The summed E-state index contributed by atoms with van der Waals surface area (Å²) >= 11 is 0. The molecule has 100 valence electrons. The first-order valence-electron chi connectivity index (χ1n) is 6.19. The molecular weight excluding hydrogens is 230 g/mol. The number of hydrogen-bond acceptors (Lipinski definition) is 4. The van der Waals surface area contributed by atoms with Crippen LogP contribution >= 0.6 is 0 Å². The van der Waals surface area contributed by atoms with Gasteiger partial charge in [-0.15, -0.1) is 0 Å². The average Bonchev–Trinajstić information content (AvgIpc) is 2.39. The molecule has 0 fully saturated rings. The molecule has 1 unspecified atom stereocenters. The second-order valence-electron chi connectivity index (χ2n) is 4.00. The van der Waals surface area contributed by atoms with Gasteiger partial charge in [0.1, 0.15) is 6.04 Å². The monoisotopic (exact) mass is 251 g/mol. The van der Waals surface area contributed by atoms with Gasteiger partial charge < -0.3 is 15.0 Å². The number of pyridine rings is 1. The number of ether oxygens (including phenoxy) is 1. The van der Waals surface area contributed by atoms with Crippen LogP contribution in [-0.2, 0) is 4.79 Å². The van der Waals surface area contributed by atoms with Crippen LogP contribution in [0.2, 0.25) is 0 Å². The van der Waals surface area contributed by atoms with Crippen LogP contribution in [0.5, 0.6) is 5.75 Å². The van der Waals surface area contributed by atoms with Gasteiger partial charge in [-0.3, -0.25) is 4.79 Å². The maximum Gasteiger partial charge on any atom is 0.244 e. The standard InChI is InChI=1S/C13H21N3O2/c1-5-16(4)13(17)10(3)15-12-11(18-6-2)8-7-9-14-12/h7-10H,5-6H2,1-4H3,(H,14,15). The first kappa shape index (κ1) is 14.3. The molecule has 0 aliphatic carbocycles. The van der Waals surface area contributed by atoms with Gasteiger partial charge in [0.15, 0.2) is 11.6 Å². The fourth-order valence-electron chi connectivity index (χ4n) is 1.52. The molecule has 0 radical (unpaired) electrons. The van der Waals surface area contributed by atoms with Crippen LogP contribution in [0.1, 0.15) is 20.8 Å². The summed E-state index contributed by atoms with van der Waals surface area (Å²) in [5.74, 6) is 1.30. The highest BCUT2D eigenvalue weighted by Gasteiger charge is 2.17. The zero-order chi connectivity index (χ0) is 13.5. The summed E-state index contributed by atoms with van der Waals surface area (Å²) in [5, 5.41) is 3.08. The van der Waals surface area contributed by atoms with Crippen LogP contribution in [0, 0.1) is 0 Å². The number of rotatable bonds is 6. The third-order valence-corrected chi connectivity index (χ3v) is 2.64. The maximum atomic E-state index is 11.9. The minimum atomic E-state index is -0.330. The van der Waals surface area contributed by atoms with E-state index in [0.29, 0.717) is 24.7 Å². The van der Waals surface area contributed by atoms with E-state index in [1.165, 1.54) is 0 Å². The van der Waals surface area contributed by atoms with Crippen LogP contribution in [0.4, 0.5) is 5.82 Å². The first-order valence-corrected chi connectivity index (χ1v) is 6.19. The highest BCUT2D eigenvalue weighted by Crippen LogP contribution is 2.21. The van der Waals surface area contributed by atoms with E-state index >= 15 is 0 Å². The van der Waals surface area contributed by atoms with Crippen molar-refractivity contribution in [1.29, 1.82) is 0 Å². The van der Waals surface area contributed by atoms with Crippen molar-refractivity contribution < 1.29 is 9.53 Å². The Morgan fingerprint density at radius 3 is 2.89 bits per heavy atom. The number of amides is 1. The lowest BCUT2D eigenvalue weighted by molar-refractivity contribution is -0.130. The highest BCUT2D eigenvalue weighted by atomic mass is 16.5. The lowest BCUT2D eigenvalue weighted by Crippen LogP contribution is -2.39. The van der Waals surface area contributed by atoms with E-state index in [1.54, 1.807) is 24.2 Å². The van der Waals surface area contributed by atoms with Crippen LogP contribution in [-0.4, -0.2) is 42.0 Å². The zero-order valence-corrected chi connectivity index (χ0v) is 11.4. The van der Waals surface area contributed by atoms with Gasteiger partial charge >= 0.3 is 0 Å². The molecule has 0 aliphatic rings. The van der Waals surface area contributed by atoms with Crippen LogP contribution in [0.25, 0.3) is 0 Å². The topological polar surface area (TPSA) is 54.5 Å². The van der Waals surface area contributed by atoms with Gasteiger partial charge in [-0.25, -0.2) is 4.98 Å². The Labute approximate surface area is 108 Å². The normalized spacial score (nSPS) is 11.8. The summed E-state index contributed by atoms with van der Waals surface area (Å²) in [6, 6.07) is 3.31. The number of hydrogen-bond donors (Lipinski definition) is 1. The Hall–Kier alpha value is -1.78. The van der Waals surface area contributed by atoms with E-state index in [9.17, 15) is 4.79 Å². The molecule has 0 saturated heterocycles. The minimum absolute atomic E-state index is 0.0330. The third kappa shape index (κ3) is 3.61. The quantitative estimate of drug-likeness (QED) is 0.837. The van der Waals surface area contributed by atoms with E-state index in [0.717, 1.165) is 0 Å². The Balaban J connectivity index is 2.75. The maximum absolute atomic E-state index is 11.9. The fraction of sp³-hybridized carbons (Fsp3) is 0.538. The van der Waals surface area contributed by atoms with Gasteiger partial charge in [-0.1, -0.05) is 0 Å². The van der Waals surface area contributed by atoms with E-state index in [1.807, 2.05) is 26.8 Å². The molecule has 1 heterocycles. The predicted molar refractivity (Wildman–Crippen MR) is 71.8 cm³/mol. The first-order chi connectivity index (χ1) is 8.60. The summed E-state index contributed by atoms with van der Waals surface area (Å²) in [4.78, 5) is 17.8. The molecule has 1 aromatic rings. The lowest BCUT2D eigenvalue weighted by Gasteiger charge is -2.21. The SMILES string of the molecule is CCOc1cccnc1NC(C)C(=O)N(C)CC.